The number of guanidine groups is 1. The van der Waals surface area contributed by atoms with E-state index in [2.05, 4.69) is 28.4 Å². The lowest BCUT2D eigenvalue weighted by molar-refractivity contribution is -0.122. The van der Waals surface area contributed by atoms with Crippen molar-refractivity contribution in [2.75, 3.05) is 32.8 Å². The van der Waals surface area contributed by atoms with Crippen molar-refractivity contribution >= 4 is 36.7 Å². The molecule has 34 heavy (non-hydrogen) atoms. The van der Waals surface area contributed by atoms with Crippen LogP contribution in [0.3, 0.4) is 0 Å². The van der Waals surface area contributed by atoms with Gasteiger partial charge in [0.25, 0.3) is 0 Å². The molecule has 4 rings (SSSR count). The maximum atomic E-state index is 12.3. The van der Waals surface area contributed by atoms with Gasteiger partial charge in [0.05, 0.1) is 13.2 Å². The molecule has 0 atom stereocenters. The topological polar surface area (TPSA) is 94.7 Å². The van der Waals surface area contributed by atoms with Gasteiger partial charge >= 0.3 is 0 Å². The highest BCUT2D eigenvalue weighted by atomic mass is 35.5. The molecule has 2 aliphatic heterocycles. The van der Waals surface area contributed by atoms with Gasteiger partial charge in [0.1, 0.15) is 5.75 Å². The van der Waals surface area contributed by atoms with Crippen LogP contribution in [-0.4, -0.2) is 54.5 Å². The molecule has 9 heteroatoms. The zero-order valence-corrected chi connectivity index (χ0v) is 21.0. The van der Waals surface area contributed by atoms with Crippen molar-refractivity contribution in [3.8, 4) is 5.75 Å². The van der Waals surface area contributed by atoms with Crippen molar-refractivity contribution < 1.29 is 9.53 Å². The van der Waals surface area contributed by atoms with Crippen molar-refractivity contribution in [1.82, 2.24) is 15.1 Å². The number of carbonyl (C=O) groups is 1. The van der Waals surface area contributed by atoms with E-state index in [1.807, 2.05) is 35.2 Å². The van der Waals surface area contributed by atoms with E-state index in [1.54, 1.807) is 0 Å². The van der Waals surface area contributed by atoms with Gasteiger partial charge in [0, 0.05) is 19.6 Å². The summed E-state index contributed by atoms with van der Waals surface area (Å²) >= 11 is 0. The summed E-state index contributed by atoms with van der Waals surface area (Å²) < 4.78 is 6.11. The van der Waals surface area contributed by atoms with Crippen molar-refractivity contribution in [3.05, 3.63) is 65.2 Å². The Labute approximate surface area is 214 Å². The average molecular weight is 508 g/mol. The molecule has 186 valence electrons. The molecule has 1 fully saturated rings. The Balaban J connectivity index is 0.00000204. The van der Waals surface area contributed by atoms with Gasteiger partial charge in [-0.05, 0) is 67.1 Å². The number of piperidine rings is 1. The fourth-order valence-corrected chi connectivity index (χ4v) is 4.41. The fourth-order valence-electron chi connectivity index (χ4n) is 4.41. The maximum absolute atomic E-state index is 12.3. The molecule has 0 bridgehead atoms. The normalized spacial score (nSPS) is 15.9. The second-order valence-corrected chi connectivity index (χ2v) is 8.78. The third-order valence-electron chi connectivity index (χ3n) is 6.42. The van der Waals surface area contributed by atoms with Crippen LogP contribution in [0.1, 0.15) is 29.5 Å². The number of rotatable bonds is 7. The summed E-state index contributed by atoms with van der Waals surface area (Å²) in [5, 5.41) is 10.7. The third-order valence-corrected chi connectivity index (χ3v) is 6.42. The quantitative estimate of drug-likeness (QED) is 0.395. The Morgan fingerprint density at radius 1 is 1.06 bits per heavy atom. The van der Waals surface area contributed by atoms with Gasteiger partial charge in [-0.2, -0.15) is 0 Å². The van der Waals surface area contributed by atoms with Crippen molar-refractivity contribution in [2.24, 2.45) is 11.7 Å². The molecule has 2 heterocycles. The standard InChI is InChI=1S/C25H33N5O2.2ClH/c26-25(27)30-13-10-21-6-7-23(14-22(21)16-30)32-18-20-8-11-29(12-9-20)17-24(31)28-15-19-4-2-1-3-5-19;;/h1-7,14,20H,8-13,15-18H2,(H3,26,27)(H,28,31);2*1H. The van der Waals surface area contributed by atoms with E-state index < -0.39 is 0 Å². The van der Waals surface area contributed by atoms with Crippen LogP contribution in [0.2, 0.25) is 0 Å². The lowest BCUT2D eigenvalue weighted by Crippen LogP contribution is -2.42. The Morgan fingerprint density at radius 3 is 2.50 bits per heavy atom. The van der Waals surface area contributed by atoms with E-state index in [9.17, 15) is 4.79 Å². The van der Waals surface area contributed by atoms with E-state index in [0.717, 1.165) is 50.2 Å². The van der Waals surface area contributed by atoms with Gasteiger partial charge in [-0.25, -0.2) is 0 Å². The second kappa shape index (κ2) is 13.4. The van der Waals surface area contributed by atoms with Crippen molar-refractivity contribution in [3.63, 3.8) is 0 Å². The summed E-state index contributed by atoms with van der Waals surface area (Å²) in [6.07, 6.45) is 2.98. The van der Waals surface area contributed by atoms with Gasteiger partial charge in [0.2, 0.25) is 5.91 Å². The summed E-state index contributed by atoms with van der Waals surface area (Å²) in [4.78, 5) is 16.4. The Morgan fingerprint density at radius 2 is 1.79 bits per heavy atom. The molecule has 0 aromatic heterocycles. The smallest absolute Gasteiger partial charge is 0.234 e. The highest BCUT2D eigenvalue weighted by molar-refractivity contribution is 5.85. The highest BCUT2D eigenvalue weighted by Crippen LogP contribution is 2.25. The molecule has 0 unspecified atom stereocenters. The molecule has 2 aliphatic rings. The predicted octanol–water partition coefficient (Wildman–Crippen LogP) is 3.19. The fraction of sp³-hybridized carbons (Fsp3) is 0.440. The second-order valence-electron chi connectivity index (χ2n) is 8.78. The average Bonchev–Trinajstić information content (AvgIpc) is 2.82. The van der Waals surface area contributed by atoms with E-state index >= 15 is 0 Å². The number of carbonyl (C=O) groups excluding carboxylic acids is 1. The van der Waals surface area contributed by atoms with Crippen LogP contribution in [0.5, 0.6) is 5.75 Å². The molecule has 0 radical (unpaired) electrons. The summed E-state index contributed by atoms with van der Waals surface area (Å²) in [5.74, 6) is 1.60. The van der Waals surface area contributed by atoms with Crippen molar-refractivity contribution in [1.29, 1.82) is 5.41 Å². The first-order valence-corrected chi connectivity index (χ1v) is 11.4. The molecule has 0 aliphatic carbocycles. The number of ether oxygens (including phenoxy) is 1. The summed E-state index contributed by atoms with van der Waals surface area (Å²) in [7, 11) is 0. The van der Waals surface area contributed by atoms with Gasteiger partial charge in [-0.1, -0.05) is 36.4 Å². The number of amides is 1. The number of likely N-dealkylation sites (tertiary alicyclic amines) is 1. The zero-order valence-electron chi connectivity index (χ0n) is 19.4. The number of nitrogens with zero attached hydrogens (tertiary/aromatic N) is 2. The molecule has 2 aromatic carbocycles. The van der Waals surface area contributed by atoms with E-state index in [1.165, 1.54) is 11.1 Å². The molecule has 7 nitrogen and oxygen atoms in total. The van der Waals surface area contributed by atoms with Crippen LogP contribution in [0, 0.1) is 11.3 Å². The lowest BCUT2D eigenvalue weighted by Gasteiger charge is -2.31. The number of fused-ring (bicyclic) bond motifs is 1. The van der Waals surface area contributed by atoms with E-state index in [-0.39, 0.29) is 36.7 Å². The SMILES string of the molecule is Cl.Cl.N=C(N)N1CCc2ccc(OCC3CCN(CC(=O)NCc4ccccc4)CC3)cc2C1. The number of nitrogens with two attached hydrogens (primary N) is 1. The predicted molar refractivity (Wildman–Crippen MR) is 140 cm³/mol. The highest BCUT2D eigenvalue weighted by Gasteiger charge is 2.22. The minimum atomic E-state index is 0. The summed E-state index contributed by atoms with van der Waals surface area (Å²) in [6, 6.07) is 16.3. The number of benzene rings is 2. The van der Waals surface area contributed by atoms with Crippen LogP contribution >= 0.6 is 24.8 Å². The molecule has 2 aromatic rings. The van der Waals surface area contributed by atoms with E-state index in [0.29, 0.717) is 32.2 Å². The summed E-state index contributed by atoms with van der Waals surface area (Å²) in [6.45, 7) is 5.04. The Kier molecular flexibility index (Phi) is 11.0. The third kappa shape index (κ3) is 7.79. The Hall–Kier alpha value is -2.48. The van der Waals surface area contributed by atoms with Crippen LogP contribution in [0.15, 0.2) is 48.5 Å². The van der Waals surface area contributed by atoms with Gasteiger partial charge < -0.3 is 20.7 Å². The summed E-state index contributed by atoms with van der Waals surface area (Å²) in [5.41, 5.74) is 9.28. The van der Waals surface area contributed by atoms with Gasteiger partial charge in [-0.3, -0.25) is 15.1 Å². The van der Waals surface area contributed by atoms with Crippen LogP contribution in [-0.2, 0) is 24.3 Å². The number of hydrogen-bond acceptors (Lipinski definition) is 4. The monoisotopic (exact) mass is 507 g/mol. The van der Waals surface area contributed by atoms with Crippen LogP contribution in [0.25, 0.3) is 0 Å². The van der Waals surface area contributed by atoms with Crippen LogP contribution in [0.4, 0.5) is 0 Å². The van der Waals surface area contributed by atoms with Crippen molar-refractivity contribution in [2.45, 2.75) is 32.4 Å². The minimum absolute atomic E-state index is 0. The largest absolute Gasteiger partial charge is 0.493 e. The van der Waals surface area contributed by atoms with E-state index in [4.69, 9.17) is 15.9 Å². The number of halogens is 2. The molecule has 0 spiro atoms. The Bertz CT molecular complexity index is 936. The molecule has 1 amide bonds. The minimum Gasteiger partial charge on any atom is -0.493 e. The maximum Gasteiger partial charge on any atom is 0.234 e. The van der Waals surface area contributed by atoms with Gasteiger partial charge in [-0.15, -0.1) is 24.8 Å². The van der Waals surface area contributed by atoms with Gasteiger partial charge in [0.15, 0.2) is 5.96 Å². The number of hydrogen-bond donors (Lipinski definition) is 3. The number of nitrogens with one attached hydrogen (secondary N) is 2. The van der Waals surface area contributed by atoms with Crippen LogP contribution < -0.4 is 15.8 Å². The lowest BCUT2D eigenvalue weighted by atomic mass is 9.97. The molecule has 4 N–H and O–H groups in total. The molecule has 0 saturated carbocycles. The molecule has 1 saturated heterocycles. The molecular weight excluding hydrogens is 473 g/mol. The first-order valence-electron chi connectivity index (χ1n) is 11.4. The first kappa shape index (κ1) is 27.8. The zero-order chi connectivity index (χ0) is 22.3. The molecular formula is C25H35Cl2N5O2. The first-order chi connectivity index (χ1) is 15.6.